The Hall–Kier alpha value is -2.25. The van der Waals surface area contributed by atoms with E-state index in [0.717, 1.165) is 18.8 Å². The number of carbonyl (C=O) groups is 2. The first kappa shape index (κ1) is 22.5. The molecule has 1 aliphatic carbocycles. The quantitative estimate of drug-likeness (QED) is 0.690. The summed E-state index contributed by atoms with van der Waals surface area (Å²) in [6, 6.07) is 3.52. The molecule has 0 radical (unpaired) electrons. The molecular formula is C26H34FN3O3. The summed E-state index contributed by atoms with van der Waals surface area (Å²) in [5.74, 6) is -0.108. The van der Waals surface area contributed by atoms with Crippen LogP contribution in [0, 0.1) is 11.7 Å². The summed E-state index contributed by atoms with van der Waals surface area (Å²) in [5.41, 5.74) is 2.01. The van der Waals surface area contributed by atoms with Crippen molar-refractivity contribution < 1.29 is 18.7 Å². The van der Waals surface area contributed by atoms with Gasteiger partial charge in [-0.3, -0.25) is 9.59 Å². The molecule has 2 unspecified atom stereocenters. The van der Waals surface area contributed by atoms with E-state index < -0.39 is 6.04 Å². The minimum Gasteiger partial charge on any atom is -0.376 e. The lowest BCUT2D eigenvalue weighted by Gasteiger charge is -2.39. The van der Waals surface area contributed by atoms with E-state index >= 15 is 4.39 Å². The van der Waals surface area contributed by atoms with Gasteiger partial charge in [0.15, 0.2) is 0 Å². The number of carbonyl (C=O) groups excluding carboxylic acids is 2. The molecule has 0 bridgehead atoms. The van der Waals surface area contributed by atoms with Crippen molar-refractivity contribution in [2.75, 3.05) is 6.61 Å². The molecular weight excluding hydrogens is 421 g/mol. The smallest absolute Gasteiger partial charge is 0.255 e. The largest absolute Gasteiger partial charge is 0.376 e. The number of nitrogens with zero attached hydrogens (tertiary/aromatic N) is 1. The number of amides is 2. The summed E-state index contributed by atoms with van der Waals surface area (Å²) in [4.78, 5) is 26.9. The topological polar surface area (TPSA) is 70.7 Å². The molecule has 0 aromatic heterocycles. The molecule has 2 amide bonds. The number of halogens is 1. The second kappa shape index (κ2) is 9.18. The van der Waals surface area contributed by atoms with Crippen LogP contribution in [-0.4, -0.2) is 47.6 Å². The third-order valence-electron chi connectivity index (χ3n) is 8.04. The Morgan fingerprint density at radius 1 is 1.24 bits per heavy atom. The molecule has 1 saturated carbocycles. The summed E-state index contributed by atoms with van der Waals surface area (Å²) in [6.07, 6.45) is 7.45. The molecule has 33 heavy (non-hydrogen) atoms. The Balaban J connectivity index is 1.30. The Bertz CT molecular complexity index is 960. The Morgan fingerprint density at radius 2 is 2.06 bits per heavy atom. The van der Waals surface area contributed by atoms with Crippen molar-refractivity contribution in [2.24, 2.45) is 5.92 Å². The fraction of sp³-hybridized carbons (Fsp3) is 0.615. The minimum atomic E-state index is -0.582. The van der Waals surface area contributed by atoms with Gasteiger partial charge in [0.2, 0.25) is 5.91 Å². The van der Waals surface area contributed by atoms with Crippen molar-refractivity contribution in [3.63, 3.8) is 0 Å². The van der Waals surface area contributed by atoms with E-state index in [1.807, 2.05) is 0 Å². The minimum absolute atomic E-state index is 0.0860. The van der Waals surface area contributed by atoms with Crippen LogP contribution in [0.5, 0.6) is 0 Å². The fourth-order valence-electron chi connectivity index (χ4n) is 5.75. The molecule has 5 rings (SSSR count). The van der Waals surface area contributed by atoms with Crippen LogP contribution in [0.4, 0.5) is 4.39 Å². The highest BCUT2D eigenvalue weighted by molar-refractivity contribution is 6.01. The number of piperidine rings is 1. The fourth-order valence-corrected chi connectivity index (χ4v) is 5.75. The van der Waals surface area contributed by atoms with E-state index in [-0.39, 0.29) is 36.3 Å². The van der Waals surface area contributed by atoms with Crippen LogP contribution in [0.1, 0.15) is 73.4 Å². The highest BCUT2D eigenvalue weighted by Gasteiger charge is 2.40. The predicted molar refractivity (Wildman–Crippen MR) is 123 cm³/mol. The number of fused-ring (bicyclic) bond motifs is 1. The number of ether oxygens (including phenoxy) is 1. The van der Waals surface area contributed by atoms with Crippen molar-refractivity contribution in [1.29, 1.82) is 0 Å². The molecule has 3 aliphatic heterocycles. The van der Waals surface area contributed by atoms with E-state index in [9.17, 15) is 9.59 Å². The second-order valence-corrected chi connectivity index (χ2v) is 10.2. The van der Waals surface area contributed by atoms with E-state index in [4.69, 9.17) is 4.74 Å². The molecule has 1 aromatic carbocycles. The van der Waals surface area contributed by atoms with Gasteiger partial charge in [0.1, 0.15) is 11.9 Å². The third-order valence-corrected chi connectivity index (χ3v) is 8.04. The molecule has 0 spiro atoms. The van der Waals surface area contributed by atoms with Gasteiger partial charge in [-0.1, -0.05) is 19.1 Å². The van der Waals surface area contributed by atoms with Crippen LogP contribution in [-0.2, 0) is 22.5 Å². The maximum atomic E-state index is 15.6. The third kappa shape index (κ3) is 4.33. The molecule has 3 heterocycles. The number of allylic oxidation sites excluding steroid dienone is 1. The molecule has 4 atom stereocenters. The normalized spacial score (nSPS) is 29.0. The first-order valence-corrected chi connectivity index (χ1v) is 12.4. The van der Waals surface area contributed by atoms with Gasteiger partial charge in [0.25, 0.3) is 5.91 Å². The Kier molecular flexibility index (Phi) is 6.27. The van der Waals surface area contributed by atoms with Crippen molar-refractivity contribution >= 4 is 11.8 Å². The Morgan fingerprint density at radius 3 is 2.79 bits per heavy atom. The predicted octanol–water partition coefficient (Wildman–Crippen LogP) is 3.44. The van der Waals surface area contributed by atoms with Crippen LogP contribution >= 0.6 is 0 Å². The number of hydrogen-bond donors (Lipinski definition) is 2. The summed E-state index contributed by atoms with van der Waals surface area (Å²) in [6.45, 7) is 6.87. The Labute approximate surface area is 194 Å². The zero-order valence-corrected chi connectivity index (χ0v) is 19.4. The van der Waals surface area contributed by atoms with Crippen molar-refractivity contribution in [3.05, 3.63) is 46.9 Å². The summed E-state index contributed by atoms with van der Waals surface area (Å²) in [7, 11) is 0. The zero-order valence-electron chi connectivity index (χ0n) is 19.4. The standard InChI is InChI=1S/C26H34FN3O3/c1-15-8-11-22(25(31)28-15)30-14-20-19(26(30)32)10-9-18(24(20)27)13-23-21(7-4-12-33-23)29-16(2)17-5-3-6-17/h9-10,16-17,21-23,29H,1,3-8,11-14H2,2H3,(H,28,31)/t16?,21-,22?,23+/m0/s1. The number of nitrogens with one attached hydrogen (secondary N) is 2. The zero-order chi connectivity index (χ0) is 23.1. The van der Waals surface area contributed by atoms with Crippen LogP contribution < -0.4 is 10.6 Å². The molecule has 7 heteroatoms. The van der Waals surface area contributed by atoms with Crippen LogP contribution in [0.15, 0.2) is 24.4 Å². The highest BCUT2D eigenvalue weighted by atomic mass is 19.1. The van der Waals surface area contributed by atoms with Gasteiger partial charge in [-0.05, 0) is 63.0 Å². The second-order valence-electron chi connectivity index (χ2n) is 10.2. The van der Waals surface area contributed by atoms with E-state index in [1.54, 1.807) is 12.1 Å². The van der Waals surface area contributed by atoms with Gasteiger partial charge < -0.3 is 20.3 Å². The first-order chi connectivity index (χ1) is 15.9. The number of benzene rings is 1. The van der Waals surface area contributed by atoms with Gasteiger partial charge in [-0.25, -0.2) is 4.39 Å². The summed E-state index contributed by atoms with van der Waals surface area (Å²) in [5, 5.41) is 6.49. The lowest BCUT2D eigenvalue weighted by Crippen LogP contribution is -2.51. The lowest BCUT2D eigenvalue weighted by molar-refractivity contribution is -0.126. The monoisotopic (exact) mass is 455 g/mol. The van der Waals surface area contributed by atoms with Gasteiger partial charge in [-0.15, -0.1) is 0 Å². The average molecular weight is 456 g/mol. The number of rotatable bonds is 6. The van der Waals surface area contributed by atoms with Crippen LogP contribution in [0.3, 0.4) is 0 Å². The number of hydrogen-bond acceptors (Lipinski definition) is 4. The first-order valence-electron chi connectivity index (χ1n) is 12.4. The van der Waals surface area contributed by atoms with Crippen molar-refractivity contribution in [2.45, 2.75) is 89.1 Å². The van der Waals surface area contributed by atoms with Crippen molar-refractivity contribution in [1.82, 2.24) is 15.5 Å². The molecule has 2 saturated heterocycles. The maximum absolute atomic E-state index is 15.6. The van der Waals surface area contributed by atoms with Gasteiger partial charge in [0, 0.05) is 41.9 Å². The van der Waals surface area contributed by atoms with E-state index in [0.29, 0.717) is 54.3 Å². The molecule has 4 aliphatic rings. The average Bonchev–Trinajstić information content (AvgIpc) is 3.07. The maximum Gasteiger partial charge on any atom is 0.255 e. The van der Waals surface area contributed by atoms with Crippen LogP contribution in [0.2, 0.25) is 0 Å². The summed E-state index contributed by atoms with van der Waals surface area (Å²) < 4.78 is 21.7. The molecule has 2 N–H and O–H groups in total. The molecule has 3 fully saturated rings. The van der Waals surface area contributed by atoms with Gasteiger partial charge in [-0.2, -0.15) is 0 Å². The molecule has 6 nitrogen and oxygen atoms in total. The van der Waals surface area contributed by atoms with Gasteiger partial charge in [0.05, 0.1) is 12.6 Å². The molecule has 1 aromatic rings. The summed E-state index contributed by atoms with van der Waals surface area (Å²) >= 11 is 0. The van der Waals surface area contributed by atoms with Crippen LogP contribution in [0.25, 0.3) is 0 Å². The van der Waals surface area contributed by atoms with Gasteiger partial charge >= 0.3 is 0 Å². The lowest BCUT2D eigenvalue weighted by atomic mass is 9.79. The molecule has 178 valence electrons. The van der Waals surface area contributed by atoms with E-state index in [2.05, 4.69) is 24.1 Å². The van der Waals surface area contributed by atoms with Crippen molar-refractivity contribution in [3.8, 4) is 0 Å². The SMILES string of the molecule is C=C1CCC(N2Cc3c(ccc(C[C@H]4OCCC[C@@H]4NC(C)C4CCC4)c3F)C2=O)C(=O)N1. The highest BCUT2D eigenvalue weighted by Crippen LogP contribution is 2.33. The van der Waals surface area contributed by atoms with E-state index in [1.165, 1.54) is 24.2 Å².